The van der Waals surface area contributed by atoms with Crippen LogP contribution in [-0.2, 0) is 0 Å². The molecule has 0 radical (unpaired) electrons. The number of hydrogen-bond acceptors (Lipinski definition) is 3. The van der Waals surface area contributed by atoms with Crippen LogP contribution in [0.2, 0.25) is 0 Å². The Balaban J connectivity index is 2.27. The summed E-state index contributed by atoms with van der Waals surface area (Å²) < 4.78 is 14.5. The molecule has 0 spiro atoms. The monoisotopic (exact) mass is 287 g/mol. The zero-order valence-corrected chi connectivity index (χ0v) is 10.8. The van der Waals surface area contributed by atoms with Crippen LogP contribution in [0, 0.1) is 5.82 Å². The second-order valence-electron chi connectivity index (χ2n) is 3.92. The molecule has 88 valence electrons. The topological polar surface area (TPSA) is 28.2 Å². The number of rotatable bonds is 2. The van der Waals surface area contributed by atoms with E-state index in [0.717, 1.165) is 26.1 Å². The van der Waals surface area contributed by atoms with Gasteiger partial charge in [0.15, 0.2) is 11.6 Å². The van der Waals surface area contributed by atoms with Crippen LogP contribution >= 0.6 is 15.9 Å². The Morgan fingerprint density at radius 2 is 2.50 bits per heavy atom. The molecule has 5 heteroatoms. The van der Waals surface area contributed by atoms with Crippen molar-refractivity contribution in [3.63, 3.8) is 0 Å². The van der Waals surface area contributed by atoms with Crippen molar-refractivity contribution in [2.45, 2.75) is 19.4 Å². The van der Waals surface area contributed by atoms with Crippen molar-refractivity contribution in [1.29, 1.82) is 0 Å². The van der Waals surface area contributed by atoms with Crippen LogP contribution < -0.4 is 10.2 Å². The van der Waals surface area contributed by atoms with Crippen LogP contribution in [0.25, 0.3) is 0 Å². The minimum Gasteiger partial charge on any atom is -0.349 e. The zero-order chi connectivity index (χ0) is 11.5. The molecule has 1 aliphatic heterocycles. The number of hydrogen-bond donors (Lipinski definition) is 1. The number of nitrogens with zero attached hydrogens (tertiary/aromatic N) is 2. The van der Waals surface area contributed by atoms with E-state index in [1.807, 2.05) is 0 Å². The third kappa shape index (κ3) is 2.35. The molecule has 0 saturated carbocycles. The Kier molecular flexibility index (Phi) is 3.76. The lowest BCUT2D eigenvalue weighted by molar-refractivity contribution is 0.454. The molecular weight excluding hydrogens is 273 g/mol. The van der Waals surface area contributed by atoms with E-state index >= 15 is 0 Å². The number of aromatic nitrogens is 1. The standard InChI is InChI=1S/C11H15BrFN3/c1-2-9-7-14-3-4-16(9)11-10(13)5-8(12)6-15-11/h5-6,9,14H,2-4,7H2,1H3. The van der Waals surface area contributed by atoms with Crippen molar-refractivity contribution < 1.29 is 4.39 Å². The van der Waals surface area contributed by atoms with Gasteiger partial charge < -0.3 is 10.2 Å². The fourth-order valence-electron chi connectivity index (χ4n) is 2.02. The molecule has 1 N–H and O–H groups in total. The predicted octanol–water partition coefficient (Wildman–Crippen LogP) is 2.17. The molecule has 16 heavy (non-hydrogen) atoms. The Morgan fingerprint density at radius 3 is 3.19 bits per heavy atom. The second kappa shape index (κ2) is 5.10. The van der Waals surface area contributed by atoms with Crippen LogP contribution in [0.5, 0.6) is 0 Å². The molecule has 0 amide bonds. The van der Waals surface area contributed by atoms with Gasteiger partial charge in [-0.1, -0.05) is 6.92 Å². The first kappa shape index (κ1) is 11.8. The van der Waals surface area contributed by atoms with Crippen LogP contribution in [0.1, 0.15) is 13.3 Å². The predicted molar refractivity (Wildman–Crippen MR) is 66.2 cm³/mol. The van der Waals surface area contributed by atoms with Gasteiger partial charge in [-0.2, -0.15) is 0 Å². The van der Waals surface area contributed by atoms with Gasteiger partial charge in [-0.3, -0.25) is 0 Å². The van der Waals surface area contributed by atoms with Gasteiger partial charge >= 0.3 is 0 Å². The Morgan fingerprint density at radius 1 is 1.69 bits per heavy atom. The van der Waals surface area contributed by atoms with Crippen LogP contribution in [0.4, 0.5) is 10.2 Å². The third-order valence-corrected chi connectivity index (χ3v) is 3.32. The summed E-state index contributed by atoms with van der Waals surface area (Å²) in [6, 6.07) is 1.80. The number of pyridine rings is 1. The molecule has 1 unspecified atom stereocenters. The van der Waals surface area contributed by atoms with Gasteiger partial charge in [-0.25, -0.2) is 9.37 Å². The van der Waals surface area contributed by atoms with Gasteiger partial charge in [-0.15, -0.1) is 0 Å². The fraction of sp³-hybridized carbons (Fsp3) is 0.545. The summed E-state index contributed by atoms with van der Waals surface area (Å²) in [5.74, 6) is 0.214. The minimum atomic E-state index is -0.255. The molecule has 2 rings (SSSR count). The summed E-state index contributed by atoms with van der Waals surface area (Å²) in [5, 5.41) is 3.32. The van der Waals surface area contributed by atoms with E-state index in [0.29, 0.717) is 16.3 Å². The van der Waals surface area contributed by atoms with Crippen molar-refractivity contribution in [3.05, 3.63) is 22.6 Å². The van der Waals surface area contributed by atoms with Gasteiger partial charge in [0.25, 0.3) is 0 Å². The third-order valence-electron chi connectivity index (χ3n) is 2.88. The average Bonchev–Trinajstić information content (AvgIpc) is 2.29. The van der Waals surface area contributed by atoms with Crippen LogP contribution in [-0.4, -0.2) is 30.7 Å². The lowest BCUT2D eigenvalue weighted by atomic mass is 10.1. The number of anilines is 1. The first-order chi connectivity index (χ1) is 7.72. The zero-order valence-electron chi connectivity index (χ0n) is 9.21. The second-order valence-corrected chi connectivity index (χ2v) is 4.83. The Labute approximate surface area is 103 Å². The van der Waals surface area contributed by atoms with E-state index < -0.39 is 0 Å². The molecule has 1 aromatic heterocycles. The van der Waals surface area contributed by atoms with Gasteiger partial charge in [-0.05, 0) is 28.4 Å². The van der Waals surface area contributed by atoms with Crippen molar-refractivity contribution >= 4 is 21.7 Å². The van der Waals surface area contributed by atoms with Gasteiger partial charge in [0.2, 0.25) is 0 Å². The largest absolute Gasteiger partial charge is 0.349 e. The molecule has 1 fully saturated rings. The lowest BCUT2D eigenvalue weighted by Crippen LogP contribution is -2.51. The average molecular weight is 288 g/mol. The van der Waals surface area contributed by atoms with E-state index in [4.69, 9.17) is 0 Å². The number of piperazine rings is 1. The number of halogens is 2. The minimum absolute atomic E-state index is 0.255. The van der Waals surface area contributed by atoms with Gasteiger partial charge in [0.05, 0.1) is 0 Å². The molecule has 1 aromatic rings. The van der Waals surface area contributed by atoms with E-state index in [1.165, 1.54) is 6.07 Å². The molecule has 3 nitrogen and oxygen atoms in total. The van der Waals surface area contributed by atoms with E-state index in [2.05, 4.69) is 38.1 Å². The molecule has 0 bridgehead atoms. The molecule has 1 aliphatic rings. The summed E-state index contributed by atoms with van der Waals surface area (Å²) in [5.41, 5.74) is 0. The highest BCUT2D eigenvalue weighted by Gasteiger charge is 2.24. The van der Waals surface area contributed by atoms with E-state index in [1.54, 1.807) is 6.20 Å². The molecule has 2 heterocycles. The summed E-state index contributed by atoms with van der Waals surface area (Å²) in [7, 11) is 0. The summed E-state index contributed by atoms with van der Waals surface area (Å²) in [4.78, 5) is 6.23. The molecule has 0 aliphatic carbocycles. The van der Waals surface area contributed by atoms with Crippen molar-refractivity contribution in [3.8, 4) is 0 Å². The lowest BCUT2D eigenvalue weighted by Gasteiger charge is -2.36. The van der Waals surface area contributed by atoms with Crippen LogP contribution in [0.15, 0.2) is 16.7 Å². The van der Waals surface area contributed by atoms with E-state index in [-0.39, 0.29) is 5.82 Å². The molecule has 1 saturated heterocycles. The maximum absolute atomic E-state index is 13.8. The maximum Gasteiger partial charge on any atom is 0.166 e. The Bertz CT molecular complexity index is 372. The van der Waals surface area contributed by atoms with Gasteiger partial charge in [0, 0.05) is 36.3 Å². The van der Waals surface area contributed by atoms with Crippen molar-refractivity contribution in [2.24, 2.45) is 0 Å². The first-order valence-corrected chi connectivity index (χ1v) is 6.30. The van der Waals surface area contributed by atoms with Crippen molar-refractivity contribution in [2.75, 3.05) is 24.5 Å². The highest BCUT2D eigenvalue weighted by atomic mass is 79.9. The van der Waals surface area contributed by atoms with Gasteiger partial charge in [0.1, 0.15) is 0 Å². The Hall–Kier alpha value is -0.680. The highest BCUT2D eigenvalue weighted by molar-refractivity contribution is 9.10. The van der Waals surface area contributed by atoms with Crippen molar-refractivity contribution in [1.82, 2.24) is 10.3 Å². The SMILES string of the molecule is CCC1CNCCN1c1ncc(Br)cc1F. The smallest absolute Gasteiger partial charge is 0.166 e. The normalized spacial score (nSPS) is 21.2. The molecule has 0 aromatic carbocycles. The molecular formula is C11H15BrFN3. The maximum atomic E-state index is 13.8. The summed E-state index contributed by atoms with van der Waals surface area (Å²) in [6.45, 7) is 4.70. The first-order valence-electron chi connectivity index (χ1n) is 5.50. The fourth-order valence-corrected chi connectivity index (χ4v) is 2.33. The quantitative estimate of drug-likeness (QED) is 0.904. The number of nitrogens with one attached hydrogen (secondary N) is 1. The summed E-state index contributed by atoms with van der Waals surface area (Å²) >= 11 is 3.22. The van der Waals surface area contributed by atoms with E-state index in [9.17, 15) is 4.39 Å². The summed E-state index contributed by atoms with van der Waals surface area (Å²) in [6.07, 6.45) is 2.64. The molecule has 1 atom stereocenters. The van der Waals surface area contributed by atoms with Crippen LogP contribution in [0.3, 0.4) is 0 Å². The highest BCUT2D eigenvalue weighted by Crippen LogP contribution is 2.23.